The van der Waals surface area contributed by atoms with Gasteiger partial charge in [0, 0.05) is 25.0 Å². The van der Waals surface area contributed by atoms with Crippen molar-refractivity contribution in [2.75, 3.05) is 23.7 Å². The van der Waals surface area contributed by atoms with E-state index in [1.807, 2.05) is 51.1 Å². The first-order valence-electron chi connectivity index (χ1n) is 11.7. The minimum Gasteiger partial charge on any atom is -0.350 e. The smallest absolute Gasteiger partial charge is 0.242 e. The Hall–Kier alpha value is -2.94. The van der Waals surface area contributed by atoms with Crippen LogP contribution in [0, 0.1) is 5.82 Å². The van der Waals surface area contributed by atoms with E-state index in [-0.39, 0.29) is 31.2 Å². The second-order valence-electron chi connectivity index (χ2n) is 9.65. The van der Waals surface area contributed by atoms with Crippen molar-refractivity contribution < 1.29 is 22.4 Å². The van der Waals surface area contributed by atoms with Gasteiger partial charge in [-0.25, -0.2) is 12.8 Å². The fraction of sp³-hybridized carbons (Fsp3) is 0.462. The van der Waals surface area contributed by atoms with Gasteiger partial charge in [0.1, 0.15) is 11.9 Å². The molecule has 2 rings (SSSR count). The summed E-state index contributed by atoms with van der Waals surface area (Å²) in [5, 5.41) is 2.92. The van der Waals surface area contributed by atoms with Crippen molar-refractivity contribution in [3.8, 4) is 0 Å². The zero-order valence-electron chi connectivity index (χ0n) is 21.1. The number of benzene rings is 2. The normalized spacial score (nSPS) is 12.6. The van der Waals surface area contributed by atoms with Crippen molar-refractivity contribution in [2.24, 2.45) is 0 Å². The highest BCUT2D eigenvalue weighted by molar-refractivity contribution is 7.92. The van der Waals surface area contributed by atoms with Gasteiger partial charge in [0.2, 0.25) is 21.8 Å². The predicted octanol–water partition coefficient (Wildman–Crippen LogP) is 3.75. The van der Waals surface area contributed by atoms with E-state index >= 15 is 0 Å². The molecule has 7 nitrogen and oxygen atoms in total. The summed E-state index contributed by atoms with van der Waals surface area (Å²) < 4.78 is 39.0. The van der Waals surface area contributed by atoms with Crippen molar-refractivity contribution in [2.45, 2.75) is 58.5 Å². The lowest BCUT2D eigenvalue weighted by molar-refractivity contribution is -0.140. The fourth-order valence-electron chi connectivity index (χ4n) is 3.66. The minimum atomic E-state index is -3.62. The molecular formula is C26H36FN3O4S. The fourth-order valence-corrected chi connectivity index (χ4v) is 4.62. The third-order valence-corrected chi connectivity index (χ3v) is 6.61. The summed E-state index contributed by atoms with van der Waals surface area (Å²) in [4.78, 5) is 27.6. The Morgan fingerprint density at radius 1 is 1.00 bits per heavy atom. The van der Waals surface area contributed by atoms with Gasteiger partial charge in [0.25, 0.3) is 0 Å². The third-order valence-electron chi connectivity index (χ3n) is 5.42. The van der Waals surface area contributed by atoms with Gasteiger partial charge in [-0.15, -0.1) is 0 Å². The first kappa shape index (κ1) is 28.3. The molecule has 35 heavy (non-hydrogen) atoms. The van der Waals surface area contributed by atoms with E-state index in [1.54, 1.807) is 11.8 Å². The molecule has 2 amide bonds. The molecule has 192 valence electrons. The lowest BCUT2D eigenvalue weighted by atomic mass is 10.1. The van der Waals surface area contributed by atoms with Gasteiger partial charge >= 0.3 is 0 Å². The molecule has 2 aromatic rings. The average Bonchev–Trinajstić information content (AvgIpc) is 2.76. The van der Waals surface area contributed by atoms with Crippen LogP contribution in [0.25, 0.3) is 0 Å². The number of anilines is 1. The van der Waals surface area contributed by atoms with E-state index in [4.69, 9.17) is 0 Å². The van der Waals surface area contributed by atoms with Crippen LogP contribution in [0.15, 0.2) is 54.6 Å². The first-order chi connectivity index (χ1) is 16.3. The van der Waals surface area contributed by atoms with Gasteiger partial charge in [-0.2, -0.15) is 0 Å². The molecule has 0 aliphatic carbocycles. The zero-order chi connectivity index (χ0) is 26.2. The number of nitrogens with one attached hydrogen (secondary N) is 1. The van der Waals surface area contributed by atoms with Gasteiger partial charge in [-0.05, 0) is 70.4 Å². The summed E-state index contributed by atoms with van der Waals surface area (Å²) in [5.74, 6) is -0.943. The van der Waals surface area contributed by atoms with Gasteiger partial charge in [0.05, 0.1) is 11.9 Å². The van der Waals surface area contributed by atoms with Crippen LogP contribution in [0.4, 0.5) is 10.1 Å². The second kappa shape index (κ2) is 12.2. The number of hydrogen-bond acceptors (Lipinski definition) is 4. The lowest BCUT2D eigenvalue weighted by Crippen LogP contribution is -2.53. The molecule has 1 atom stereocenters. The Morgan fingerprint density at radius 3 is 2.14 bits per heavy atom. The van der Waals surface area contributed by atoms with Crippen molar-refractivity contribution >= 4 is 27.5 Å². The molecule has 0 bridgehead atoms. The maximum Gasteiger partial charge on any atom is 0.242 e. The summed E-state index contributed by atoms with van der Waals surface area (Å²) in [5.41, 5.74) is 0.943. The Kier molecular flexibility index (Phi) is 9.82. The van der Waals surface area contributed by atoms with E-state index in [1.165, 1.54) is 24.3 Å². The molecule has 0 saturated carbocycles. The Labute approximate surface area is 208 Å². The number of hydrogen-bond donors (Lipinski definition) is 1. The van der Waals surface area contributed by atoms with Crippen molar-refractivity contribution in [1.29, 1.82) is 0 Å². The molecule has 0 spiro atoms. The predicted molar refractivity (Wildman–Crippen MR) is 137 cm³/mol. The number of carbonyl (C=O) groups excluding carboxylic acids is 2. The van der Waals surface area contributed by atoms with Crippen LogP contribution in [0.1, 0.15) is 46.1 Å². The quantitative estimate of drug-likeness (QED) is 0.504. The Morgan fingerprint density at radius 2 is 1.60 bits per heavy atom. The molecule has 0 aromatic heterocycles. The summed E-state index contributed by atoms with van der Waals surface area (Å²) in [6, 6.07) is 14.2. The Balaban J connectivity index is 2.12. The molecule has 0 radical (unpaired) electrons. The number of nitrogens with zero attached hydrogens (tertiary/aromatic N) is 2. The minimum absolute atomic E-state index is 0.0608. The maximum atomic E-state index is 13.3. The third kappa shape index (κ3) is 9.32. The monoisotopic (exact) mass is 505 g/mol. The summed E-state index contributed by atoms with van der Waals surface area (Å²) in [6.07, 6.45) is 1.97. The van der Waals surface area contributed by atoms with Crippen molar-refractivity contribution in [3.05, 3.63) is 66.0 Å². The van der Waals surface area contributed by atoms with Crippen LogP contribution >= 0.6 is 0 Å². The summed E-state index contributed by atoms with van der Waals surface area (Å²) >= 11 is 0. The molecule has 9 heteroatoms. The molecule has 0 saturated heterocycles. The molecule has 0 fully saturated rings. The maximum absolute atomic E-state index is 13.3. The number of carbonyl (C=O) groups is 2. The molecule has 1 N–H and O–H groups in total. The van der Waals surface area contributed by atoms with Crippen LogP contribution in [-0.4, -0.2) is 56.1 Å². The van der Waals surface area contributed by atoms with Crippen LogP contribution in [-0.2, 0) is 26.0 Å². The van der Waals surface area contributed by atoms with Crippen LogP contribution < -0.4 is 9.62 Å². The van der Waals surface area contributed by atoms with E-state index in [0.717, 1.165) is 16.1 Å². The van der Waals surface area contributed by atoms with Crippen LogP contribution in [0.5, 0.6) is 0 Å². The highest BCUT2D eigenvalue weighted by Crippen LogP contribution is 2.19. The zero-order valence-corrected chi connectivity index (χ0v) is 21.9. The topological polar surface area (TPSA) is 86.8 Å². The highest BCUT2D eigenvalue weighted by atomic mass is 32.2. The van der Waals surface area contributed by atoms with Gasteiger partial charge in [0.15, 0.2) is 0 Å². The van der Waals surface area contributed by atoms with Gasteiger partial charge in [-0.1, -0.05) is 30.3 Å². The molecule has 0 heterocycles. The molecular weight excluding hydrogens is 469 g/mol. The van der Waals surface area contributed by atoms with E-state index < -0.39 is 27.4 Å². The summed E-state index contributed by atoms with van der Waals surface area (Å²) in [6.45, 7) is 7.75. The van der Waals surface area contributed by atoms with E-state index in [9.17, 15) is 22.4 Å². The molecule has 2 aromatic carbocycles. The largest absolute Gasteiger partial charge is 0.350 e. The van der Waals surface area contributed by atoms with Crippen molar-refractivity contribution in [3.63, 3.8) is 0 Å². The Bertz CT molecular complexity index is 1080. The number of halogens is 1. The standard InChI is InChI=1S/C26H36FN3O4S/c1-20(25(32)28-26(2,3)4)29(19-17-21-10-7-6-8-11-21)24(31)12-9-18-30(35(5,33)34)23-15-13-22(27)14-16-23/h6-8,10-11,13-16,20H,9,12,17-19H2,1-5H3,(H,28,32)/t20-/m0/s1. The molecule has 0 aliphatic rings. The average molecular weight is 506 g/mol. The SMILES string of the molecule is C[C@@H](C(=O)NC(C)(C)C)N(CCc1ccccc1)C(=O)CCCN(c1ccc(F)cc1)S(C)(=O)=O. The lowest BCUT2D eigenvalue weighted by Gasteiger charge is -2.32. The van der Waals surface area contributed by atoms with E-state index in [2.05, 4.69) is 5.32 Å². The molecule has 0 aliphatic heterocycles. The summed E-state index contributed by atoms with van der Waals surface area (Å²) in [7, 11) is -3.62. The molecule has 0 unspecified atom stereocenters. The first-order valence-corrected chi connectivity index (χ1v) is 13.5. The second-order valence-corrected chi connectivity index (χ2v) is 11.6. The number of amides is 2. The van der Waals surface area contributed by atoms with Gasteiger partial charge < -0.3 is 10.2 Å². The van der Waals surface area contributed by atoms with Gasteiger partial charge in [-0.3, -0.25) is 13.9 Å². The van der Waals surface area contributed by atoms with Crippen molar-refractivity contribution in [1.82, 2.24) is 10.2 Å². The number of sulfonamides is 1. The highest BCUT2D eigenvalue weighted by Gasteiger charge is 2.28. The number of rotatable bonds is 11. The van der Waals surface area contributed by atoms with Crippen LogP contribution in [0.3, 0.4) is 0 Å². The van der Waals surface area contributed by atoms with Crippen LogP contribution in [0.2, 0.25) is 0 Å². The van der Waals surface area contributed by atoms with E-state index in [0.29, 0.717) is 18.7 Å².